The van der Waals surface area contributed by atoms with Crippen LogP contribution in [-0.2, 0) is 9.53 Å². The molecule has 1 aliphatic heterocycles. The first kappa shape index (κ1) is 10.9. The van der Waals surface area contributed by atoms with Crippen molar-refractivity contribution in [3.05, 3.63) is 0 Å². The van der Waals surface area contributed by atoms with E-state index in [4.69, 9.17) is 4.74 Å². The van der Waals surface area contributed by atoms with Crippen molar-refractivity contribution in [2.45, 2.75) is 19.3 Å². The molecule has 4 nitrogen and oxygen atoms in total. The fraction of sp³-hybridized carbons (Fsp3) is 0.909. The van der Waals surface area contributed by atoms with Crippen molar-refractivity contribution in [1.29, 1.82) is 0 Å². The van der Waals surface area contributed by atoms with Crippen LogP contribution in [0.1, 0.15) is 19.3 Å². The zero-order chi connectivity index (χ0) is 10.9. The highest BCUT2D eigenvalue weighted by atomic mass is 16.5. The lowest BCUT2D eigenvalue weighted by molar-refractivity contribution is -0.180. The topological polar surface area (TPSA) is 49.8 Å². The molecular formula is C11H19NO3. The minimum atomic E-state index is -0.626. The molecule has 1 saturated carbocycles. The standard InChI is InChI=1S/C11H19NO3/c1-12(5-9-3-2-4-9)10(14)11(6-13)7-15-8-11/h9,13H,2-8H2,1H3. The summed E-state index contributed by atoms with van der Waals surface area (Å²) in [5.74, 6) is 0.721. The number of ether oxygens (including phenoxy) is 1. The molecule has 86 valence electrons. The van der Waals surface area contributed by atoms with E-state index >= 15 is 0 Å². The van der Waals surface area contributed by atoms with Gasteiger partial charge in [-0.25, -0.2) is 0 Å². The molecule has 0 unspecified atom stereocenters. The highest BCUT2D eigenvalue weighted by Crippen LogP contribution is 2.31. The summed E-state index contributed by atoms with van der Waals surface area (Å²) in [6.07, 6.45) is 3.77. The first-order valence-electron chi connectivity index (χ1n) is 5.62. The van der Waals surface area contributed by atoms with Gasteiger partial charge in [0, 0.05) is 13.6 Å². The summed E-state index contributed by atoms with van der Waals surface area (Å²) in [6, 6.07) is 0. The van der Waals surface area contributed by atoms with E-state index in [0.29, 0.717) is 19.1 Å². The van der Waals surface area contributed by atoms with Gasteiger partial charge in [-0.05, 0) is 18.8 Å². The van der Waals surface area contributed by atoms with Gasteiger partial charge in [0.25, 0.3) is 0 Å². The van der Waals surface area contributed by atoms with Gasteiger partial charge >= 0.3 is 0 Å². The molecular weight excluding hydrogens is 194 g/mol. The Kier molecular flexibility index (Phi) is 2.98. The maximum absolute atomic E-state index is 12.0. The minimum absolute atomic E-state index is 0.0446. The lowest BCUT2D eigenvalue weighted by atomic mass is 9.82. The van der Waals surface area contributed by atoms with Gasteiger partial charge in [-0.1, -0.05) is 6.42 Å². The molecule has 0 atom stereocenters. The Morgan fingerprint density at radius 2 is 2.20 bits per heavy atom. The zero-order valence-corrected chi connectivity index (χ0v) is 9.24. The molecule has 1 amide bonds. The number of hydrogen-bond donors (Lipinski definition) is 1. The molecule has 0 spiro atoms. The quantitative estimate of drug-likeness (QED) is 0.728. The molecule has 1 aliphatic carbocycles. The molecule has 1 saturated heterocycles. The van der Waals surface area contributed by atoms with Crippen LogP contribution in [-0.4, -0.2) is 49.3 Å². The molecule has 0 aromatic heterocycles. The molecule has 4 heteroatoms. The summed E-state index contributed by atoms with van der Waals surface area (Å²) in [5, 5.41) is 9.23. The molecule has 0 radical (unpaired) electrons. The van der Waals surface area contributed by atoms with Crippen molar-refractivity contribution in [3.63, 3.8) is 0 Å². The Morgan fingerprint density at radius 3 is 2.53 bits per heavy atom. The van der Waals surface area contributed by atoms with Crippen LogP contribution in [0.3, 0.4) is 0 Å². The largest absolute Gasteiger partial charge is 0.395 e. The molecule has 0 aromatic rings. The van der Waals surface area contributed by atoms with E-state index in [2.05, 4.69) is 0 Å². The lowest BCUT2D eigenvalue weighted by Crippen LogP contribution is -2.57. The molecule has 2 aliphatic rings. The highest BCUT2D eigenvalue weighted by molar-refractivity contribution is 5.83. The Balaban J connectivity index is 1.87. The predicted octanol–water partition coefficient (Wildman–Crippen LogP) is 0.254. The summed E-state index contributed by atoms with van der Waals surface area (Å²) in [5.41, 5.74) is -0.626. The second-order valence-corrected chi connectivity index (χ2v) is 4.91. The Bertz CT molecular complexity index is 241. The first-order valence-corrected chi connectivity index (χ1v) is 5.62. The van der Waals surface area contributed by atoms with Gasteiger partial charge in [-0.2, -0.15) is 0 Å². The monoisotopic (exact) mass is 213 g/mol. The minimum Gasteiger partial charge on any atom is -0.395 e. The third-order valence-electron chi connectivity index (χ3n) is 3.62. The van der Waals surface area contributed by atoms with E-state index in [0.717, 1.165) is 6.54 Å². The van der Waals surface area contributed by atoms with Crippen molar-refractivity contribution < 1.29 is 14.6 Å². The number of carbonyl (C=O) groups is 1. The SMILES string of the molecule is CN(CC1CCC1)C(=O)C1(CO)COC1. The van der Waals surface area contributed by atoms with Crippen molar-refractivity contribution >= 4 is 5.91 Å². The van der Waals surface area contributed by atoms with E-state index < -0.39 is 5.41 Å². The van der Waals surface area contributed by atoms with Gasteiger partial charge in [-0.15, -0.1) is 0 Å². The van der Waals surface area contributed by atoms with Crippen molar-refractivity contribution in [2.75, 3.05) is 33.4 Å². The molecule has 1 N–H and O–H groups in total. The maximum Gasteiger partial charge on any atom is 0.235 e. The van der Waals surface area contributed by atoms with Gasteiger partial charge in [0.2, 0.25) is 5.91 Å². The Labute approximate surface area is 90.2 Å². The second-order valence-electron chi connectivity index (χ2n) is 4.91. The summed E-state index contributed by atoms with van der Waals surface area (Å²) >= 11 is 0. The number of rotatable bonds is 4. The first-order chi connectivity index (χ1) is 7.18. The number of carbonyl (C=O) groups excluding carboxylic acids is 1. The normalized spacial score (nSPS) is 24.1. The van der Waals surface area contributed by atoms with Gasteiger partial charge in [-0.3, -0.25) is 4.79 Å². The van der Waals surface area contributed by atoms with Crippen LogP contribution in [0.2, 0.25) is 0 Å². The molecule has 0 aromatic carbocycles. The average Bonchev–Trinajstić information content (AvgIpc) is 2.10. The second kappa shape index (κ2) is 4.10. The molecule has 0 bridgehead atoms. The van der Waals surface area contributed by atoms with Crippen LogP contribution >= 0.6 is 0 Å². The van der Waals surface area contributed by atoms with Crippen LogP contribution in [0.5, 0.6) is 0 Å². The van der Waals surface area contributed by atoms with Crippen molar-refractivity contribution in [3.8, 4) is 0 Å². The zero-order valence-electron chi connectivity index (χ0n) is 9.24. The van der Waals surface area contributed by atoms with Gasteiger partial charge < -0.3 is 14.7 Å². The van der Waals surface area contributed by atoms with E-state index in [1.54, 1.807) is 4.90 Å². The molecule has 2 fully saturated rings. The summed E-state index contributed by atoms with van der Waals surface area (Å²) in [4.78, 5) is 13.8. The molecule has 1 heterocycles. The molecule has 2 rings (SSSR count). The third kappa shape index (κ3) is 1.88. The van der Waals surface area contributed by atoms with E-state index in [9.17, 15) is 9.90 Å². The summed E-state index contributed by atoms with van der Waals surface area (Å²) < 4.78 is 5.04. The van der Waals surface area contributed by atoms with E-state index in [1.807, 2.05) is 7.05 Å². The molecule has 15 heavy (non-hydrogen) atoms. The average molecular weight is 213 g/mol. The van der Waals surface area contributed by atoms with E-state index in [-0.39, 0.29) is 12.5 Å². The van der Waals surface area contributed by atoms with Crippen molar-refractivity contribution in [1.82, 2.24) is 4.90 Å². The fourth-order valence-electron chi connectivity index (χ4n) is 2.18. The fourth-order valence-corrected chi connectivity index (χ4v) is 2.18. The van der Waals surface area contributed by atoms with Crippen LogP contribution < -0.4 is 0 Å². The number of aliphatic hydroxyl groups is 1. The third-order valence-corrected chi connectivity index (χ3v) is 3.62. The van der Waals surface area contributed by atoms with Crippen molar-refractivity contribution in [2.24, 2.45) is 11.3 Å². The van der Waals surface area contributed by atoms with Gasteiger partial charge in [0.15, 0.2) is 0 Å². The number of nitrogens with zero attached hydrogens (tertiary/aromatic N) is 1. The number of aliphatic hydroxyl groups excluding tert-OH is 1. The van der Waals surface area contributed by atoms with Crippen LogP contribution in [0.15, 0.2) is 0 Å². The predicted molar refractivity (Wildman–Crippen MR) is 55.3 cm³/mol. The summed E-state index contributed by atoms with van der Waals surface area (Å²) in [7, 11) is 1.83. The van der Waals surface area contributed by atoms with Gasteiger partial charge in [0.1, 0.15) is 5.41 Å². The summed E-state index contributed by atoms with van der Waals surface area (Å²) in [6.45, 7) is 1.48. The highest BCUT2D eigenvalue weighted by Gasteiger charge is 2.47. The number of amides is 1. The van der Waals surface area contributed by atoms with Crippen LogP contribution in [0, 0.1) is 11.3 Å². The Morgan fingerprint density at radius 1 is 1.53 bits per heavy atom. The van der Waals surface area contributed by atoms with Crippen LogP contribution in [0.25, 0.3) is 0 Å². The maximum atomic E-state index is 12.0. The Hall–Kier alpha value is -0.610. The van der Waals surface area contributed by atoms with Crippen LogP contribution in [0.4, 0.5) is 0 Å². The smallest absolute Gasteiger partial charge is 0.235 e. The van der Waals surface area contributed by atoms with Gasteiger partial charge in [0.05, 0.1) is 19.8 Å². The lowest BCUT2D eigenvalue weighted by Gasteiger charge is -2.42. The number of hydrogen-bond acceptors (Lipinski definition) is 3. The van der Waals surface area contributed by atoms with E-state index in [1.165, 1.54) is 19.3 Å².